The minimum atomic E-state index is -3.72. The second-order valence-electron chi connectivity index (χ2n) is 4.26. The van der Waals surface area contributed by atoms with Crippen LogP contribution in [0.15, 0.2) is 23.1 Å². The Labute approximate surface area is 119 Å². The van der Waals surface area contributed by atoms with Crippen LogP contribution in [0.4, 0.5) is 0 Å². The fraction of sp³-hybridized carbons (Fsp3) is 0.462. The Bertz CT molecular complexity index is 582. The number of carboxylic acids is 1. The van der Waals surface area contributed by atoms with Crippen molar-refractivity contribution in [2.45, 2.75) is 18.7 Å². The van der Waals surface area contributed by atoms with Gasteiger partial charge in [-0.15, -0.1) is 0 Å². The second-order valence-corrected chi connectivity index (χ2v) is 6.27. The zero-order valence-corrected chi connectivity index (χ0v) is 12.6. The number of carbonyl (C=O) groups is 1. The van der Waals surface area contributed by atoms with Crippen molar-refractivity contribution in [1.29, 1.82) is 0 Å². The summed E-state index contributed by atoms with van der Waals surface area (Å²) in [6.45, 7) is 4.35. The van der Waals surface area contributed by atoms with E-state index in [0.29, 0.717) is 13.2 Å². The van der Waals surface area contributed by atoms with Crippen LogP contribution in [0.1, 0.15) is 22.8 Å². The van der Waals surface area contributed by atoms with Crippen LogP contribution in [0, 0.1) is 6.92 Å². The minimum absolute atomic E-state index is 0.00992. The minimum Gasteiger partial charge on any atom is -0.478 e. The van der Waals surface area contributed by atoms with Crippen LogP contribution in [0.25, 0.3) is 0 Å². The molecule has 20 heavy (non-hydrogen) atoms. The summed E-state index contributed by atoms with van der Waals surface area (Å²) in [5, 5.41) is 9.04. The van der Waals surface area contributed by atoms with Gasteiger partial charge in [-0.2, -0.15) is 4.31 Å². The molecule has 0 aliphatic carbocycles. The van der Waals surface area contributed by atoms with Gasteiger partial charge < -0.3 is 9.84 Å². The van der Waals surface area contributed by atoms with E-state index in [9.17, 15) is 13.2 Å². The van der Waals surface area contributed by atoms with E-state index < -0.39 is 16.0 Å². The molecule has 0 fully saturated rings. The molecule has 6 nitrogen and oxygen atoms in total. The third-order valence-electron chi connectivity index (χ3n) is 2.96. The Hall–Kier alpha value is -1.44. The van der Waals surface area contributed by atoms with E-state index in [1.54, 1.807) is 0 Å². The predicted octanol–water partition coefficient (Wildman–Crippen LogP) is 1.35. The molecule has 0 amide bonds. The Morgan fingerprint density at radius 3 is 2.60 bits per heavy atom. The highest BCUT2D eigenvalue weighted by atomic mass is 32.2. The van der Waals surface area contributed by atoms with Gasteiger partial charge in [0.05, 0.1) is 17.1 Å². The number of rotatable bonds is 7. The standard InChI is InChI=1S/C13H19NO5S/c1-4-19-9-8-14(3)20(17,18)12-7-5-6-11(10(12)2)13(15)16/h5-7H,4,8-9H2,1-3H3,(H,15,16). The van der Waals surface area contributed by atoms with Crippen LogP contribution in [0.5, 0.6) is 0 Å². The number of hydrogen-bond donors (Lipinski definition) is 1. The van der Waals surface area contributed by atoms with Crippen LogP contribution in [-0.4, -0.2) is 50.6 Å². The maximum Gasteiger partial charge on any atom is 0.335 e. The lowest BCUT2D eigenvalue weighted by atomic mass is 10.1. The van der Waals surface area contributed by atoms with E-state index in [4.69, 9.17) is 9.84 Å². The van der Waals surface area contributed by atoms with Gasteiger partial charge in [0.15, 0.2) is 0 Å². The number of aromatic carboxylic acids is 1. The van der Waals surface area contributed by atoms with Crippen molar-refractivity contribution in [2.75, 3.05) is 26.8 Å². The fourth-order valence-corrected chi connectivity index (χ4v) is 3.15. The van der Waals surface area contributed by atoms with Gasteiger partial charge in [0.25, 0.3) is 0 Å². The van der Waals surface area contributed by atoms with E-state index in [2.05, 4.69) is 0 Å². The number of ether oxygens (including phenoxy) is 1. The summed E-state index contributed by atoms with van der Waals surface area (Å²) in [4.78, 5) is 11.1. The molecule has 0 unspecified atom stereocenters. The quantitative estimate of drug-likeness (QED) is 0.769. The van der Waals surface area contributed by atoms with Crippen LogP contribution in [-0.2, 0) is 14.8 Å². The van der Waals surface area contributed by atoms with Crippen LogP contribution >= 0.6 is 0 Å². The average molecular weight is 301 g/mol. The summed E-state index contributed by atoms with van der Waals surface area (Å²) in [5.41, 5.74) is 0.229. The number of sulfonamides is 1. The van der Waals surface area contributed by atoms with Crippen LogP contribution in [0.2, 0.25) is 0 Å². The maximum absolute atomic E-state index is 12.4. The van der Waals surface area contributed by atoms with Crippen LogP contribution in [0.3, 0.4) is 0 Å². The molecule has 1 rings (SSSR count). The Morgan fingerprint density at radius 1 is 1.40 bits per heavy atom. The molecule has 1 N–H and O–H groups in total. The molecule has 1 aromatic rings. The maximum atomic E-state index is 12.4. The zero-order chi connectivity index (χ0) is 15.3. The molecule has 112 valence electrons. The highest BCUT2D eigenvalue weighted by Crippen LogP contribution is 2.21. The van der Waals surface area contributed by atoms with Gasteiger partial charge in [-0.1, -0.05) is 6.07 Å². The smallest absolute Gasteiger partial charge is 0.335 e. The van der Waals surface area contributed by atoms with Crippen LogP contribution < -0.4 is 0 Å². The van der Waals surface area contributed by atoms with Gasteiger partial charge in [0, 0.05) is 20.2 Å². The molecular formula is C13H19NO5S. The molecule has 0 aliphatic rings. The second kappa shape index (κ2) is 6.83. The molecule has 0 atom stereocenters. The van der Waals surface area contributed by atoms with Crippen molar-refractivity contribution in [3.8, 4) is 0 Å². The van der Waals surface area contributed by atoms with E-state index >= 15 is 0 Å². The first-order valence-corrected chi connectivity index (χ1v) is 7.63. The first kappa shape index (κ1) is 16.6. The third kappa shape index (κ3) is 3.56. The summed E-state index contributed by atoms with van der Waals surface area (Å²) in [5.74, 6) is -1.14. The Morgan fingerprint density at radius 2 is 2.05 bits per heavy atom. The molecule has 7 heteroatoms. The molecule has 0 bridgehead atoms. The summed E-state index contributed by atoms with van der Waals surface area (Å²) < 4.78 is 31.1. The van der Waals surface area contributed by atoms with E-state index in [-0.39, 0.29) is 22.6 Å². The number of nitrogens with zero attached hydrogens (tertiary/aromatic N) is 1. The van der Waals surface area contributed by atoms with Crippen molar-refractivity contribution < 1.29 is 23.1 Å². The highest BCUT2D eigenvalue weighted by Gasteiger charge is 2.24. The Kier molecular flexibility index (Phi) is 5.67. The van der Waals surface area contributed by atoms with Crippen molar-refractivity contribution in [1.82, 2.24) is 4.31 Å². The molecular weight excluding hydrogens is 282 g/mol. The van der Waals surface area contributed by atoms with Crippen molar-refractivity contribution in [2.24, 2.45) is 0 Å². The van der Waals surface area contributed by atoms with Gasteiger partial charge in [-0.05, 0) is 31.5 Å². The predicted molar refractivity (Wildman–Crippen MR) is 74.4 cm³/mol. The molecule has 0 aromatic heterocycles. The topological polar surface area (TPSA) is 83.9 Å². The molecule has 0 saturated carbocycles. The number of hydrogen-bond acceptors (Lipinski definition) is 4. The largest absolute Gasteiger partial charge is 0.478 e. The normalized spacial score (nSPS) is 11.8. The molecule has 0 heterocycles. The van der Waals surface area contributed by atoms with E-state index in [1.807, 2.05) is 6.92 Å². The lowest BCUT2D eigenvalue weighted by Crippen LogP contribution is -2.31. The molecule has 1 aromatic carbocycles. The zero-order valence-electron chi connectivity index (χ0n) is 11.8. The first-order chi connectivity index (χ1) is 9.32. The summed E-state index contributed by atoms with van der Waals surface area (Å²) in [6.07, 6.45) is 0. The molecule has 0 radical (unpaired) electrons. The SMILES string of the molecule is CCOCCN(C)S(=O)(=O)c1cccc(C(=O)O)c1C. The summed E-state index contributed by atoms with van der Waals surface area (Å²) in [7, 11) is -2.27. The molecule has 0 spiro atoms. The highest BCUT2D eigenvalue weighted by molar-refractivity contribution is 7.89. The lowest BCUT2D eigenvalue weighted by molar-refractivity contribution is 0.0695. The van der Waals surface area contributed by atoms with E-state index in [0.717, 1.165) is 4.31 Å². The van der Waals surface area contributed by atoms with Gasteiger partial charge in [-0.3, -0.25) is 0 Å². The average Bonchev–Trinajstić information content (AvgIpc) is 2.38. The van der Waals surface area contributed by atoms with Gasteiger partial charge in [-0.25, -0.2) is 13.2 Å². The number of likely N-dealkylation sites (N-methyl/N-ethyl adjacent to an activating group) is 1. The first-order valence-electron chi connectivity index (χ1n) is 6.19. The number of benzene rings is 1. The third-order valence-corrected chi connectivity index (χ3v) is 4.96. The van der Waals surface area contributed by atoms with Crippen molar-refractivity contribution in [3.05, 3.63) is 29.3 Å². The molecule has 0 saturated heterocycles. The van der Waals surface area contributed by atoms with E-state index in [1.165, 1.54) is 32.2 Å². The van der Waals surface area contributed by atoms with Gasteiger partial charge in [0.1, 0.15) is 0 Å². The van der Waals surface area contributed by atoms with Crippen molar-refractivity contribution >= 4 is 16.0 Å². The van der Waals surface area contributed by atoms with Crippen molar-refractivity contribution in [3.63, 3.8) is 0 Å². The van der Waals surface area contributed by atoms with Gasteiger partial charge >= 0.3 is 5.97 Å². The summed E-state index contributed by atoms with van der Waals surface area (Å²) >= 11 is 0. The Balaban J connectivity index is 3.10. The summed E-state index contributed by atoms with van der Waals surface area (Å²) in [6, 6.07) is 4.23. The monoisotopic (exact) mass is 301 g/mol. The lowest BCUT2D eigenvalue weighted by Gasteiger charge is -2.19. The molecule has 0 aliphatic heterocycles. The fourth-order valence-electron chi connectivity index (χ4n) is 1.75. The van der Waals surface area contributed by atoms with Gasteiger partial charge in [0.2, 0.25) is 10.0 Å². The number of carboxylic acid groups (broad SMARTS) is 1.